The molecule has 0 unspecified atom stereocenters. The quantitative estimate of drug-likeness (QED) is 0.700. The number of hydrogen-bond donors (Lipinski definition) is 1. The number of nitrogens with zero attached hydrogens (tertiary/aromatic N) is 4. The number of alkyl halides is 3. The first-order chi connectivity index (χ1) is 9.84. The van der Waals surface area contributed by atoms with Gasteiger partial charge in [0.2, 0.25) is 0 Å². The van der Waals surface area contributed by atoms with Gasteiger partial charge in [-0.05, 0) is 31.2 Å². The van der Waals surface area contributed by atoms with Crippen LogP contribution in [0, 0.1) is 6.92 Å². The molecule has 5 nitrogen and oxygen atoms in total. The lowest BCUT2D eigenvalue weighted by atomic mass is 10.1. The Balaban J connectivity index is 2.21. The van der Waals surface area contributed by atoms with Gasteiger partial charge in [0, 0.05) is 6.20 Å². The summed E-state index contributed by atoms with van der Waals surface area (Å²) < 4.78 is 38.2. The van der Waals surface area contributed by atoms with Crippen LogP contribution in [0.25, 0.3) is 22.4 Å². The Morgan fingerprint density at radius 2 is 1.86 bits per heavy atom. The molecular weight excluding hydrogens is 283 g/mol. The minimum Gasteiger partial charge on any atom is -0.323 e. The SMILES string of the molecule is Cc1nc2ccc(C(F)(F)F)cc2nc1-c1ccn(N)n1. The summed E-state index contributed by atoms with van der Waals surface area (Å²) in [7, 11) is 0. The summed E-state index contributed by atoms with van der Waals surface area (Å²) in [6, 6.07) is 4.90. The Labute approximate surface area is 117 Å². The van der Waals surface area contributed by atoms with E-state index >= 15 is 0 Å². The highest BCUT2D eigenvalue weighted by Gasteiger charge is 2.30. The van der Waals surface area contributed by atoms with Crippen molar-refractivity contribution in [2.75, 3.05) is 5.84 Å². The zero-order chi connectivity index (χ0) is 15.2. The molecular formula is C13H10F3N5. The van der Waals surface area contributed by atoms with E-state index < -0.39 is 11.7 Å². The van der Waals surface area contributed by atoms with Crippen LogP contribution >= 0.6 is 0 Å². The van der Waals surface area contributed by atoms with Gasteiger partial charge >= 0.3 is 6.18 Å². The molecule has 1 aromatic carbocycles. The molecule has 8 heteroatoms. The van der Waals surface area contributed by atoms with Crippen LogP contribution in [0.2, 0.25) is 0 Å². The van der Waals surface area contributed by atoms with Crippen LogP contribution in [0.1, 0.15) is 11.3 Å². The Hall–Kier alpha value is -2.64. The maximum atomic E-state index is 12.7. The molecule has 108 valence electrons. The average molecular weight is 293 g/mol. The summed E-state index contributed by atoms with van der Waals surface area (Å²) in [5, 5.41) is 3.99. The molecule has 2 N–H and O–H groups in total. The first kappa shape index (κ1) is 13.3. The van der Waals surface area contributed by atoms with Crippen molar-refractivity contribution in [3.05, 3.63) is 41.7 Å². The van der Waals surface area contributed by atoms with E-state index in [9.17, 15) is 13.2 Å². The van der Waals surface area contributed by atoms with Gasteiger partial charge in [-0.3, -0.25) is 0 Å². The summed E-state index contributed by atoms with van der Waals surface area (Å²) >= 11 is 0. The second-order valence-corrected chi connectivity index (χ2v) is 4.54. The number of nitrogens with two attached hydrogens (primary N) is 1. The van der Waals surface area contributed by atoms with Crippen LogP contribution in [0.5, 0.6) is 0 Å². The van der Waals surface area contributed by atoms with Gasteiger partial charge in [-0.15, -0.1) is 0 Å². The van der Waals surface area contributed by atoms with Crippen molar-refractivity contribution in [3.8, 4) is 11.4 Å². The minimum absolute atomic E-state index is 0.164. The number of halogens is 3. The normalized spacial score (nSPS) is 12.0. The summed E-state index contributed by atoms with van der Waals surface area (Å²) in [6.45, 7) is 1.72. The Morgan fingerprint density at radius 3 is 2.48 bits per heavy atom. The van der Waals surface area contributed by atoms with Crippen molar-refractivity contribution in [1.82, 2.24) is 19.9 Å². The monoisotopic (exact) mass is 293 g/mol. The fourth-order valence-electron chi connectivity index (χ4n) is 2.03. The third-order valence-electron chi connectivity index (χ3n) is 3.02. The van der Waals surface area contributed by atoms with E-state index in [4.69, 9.17) is 5.84 Å². The highest BCUT2D eigenvalue weighted by molar-refractivity contribution is 5.78. The molecule has 0 amide bonds. The summed E-state index contributed by atoms with van der Waals surface area (Å²) in [5.74, 6) is 5.47. The predicted molar refractivity (Wildman–Crippen MR) is 70.6 cm³/mol. The molecule has 0 aliphatic heterocycles. The van der Waals surface area contributed by atoms with Crippen molar-refractivity contribution in [3.63, 3.8) is 0 Å². The van der Waals surface area contributed by atoms with Gasteiger partial charge in [-0.1, -0.05) is 0 Å². The van der Waals surface area contributed by atoms with Crippen LogP contribution in [0.15, 0.2) is 30.5 Å². The van der Waals surface area contributed by atoms with E-state index in [-0.39, 0.29) is 5.52 Å². The standard InChI is InChI=1S/C13H10F3N5/c1-7-12(10-4-5-21(17)20-10)19-11-6-8(13(14,15)16)2-3-9(11)18-7/h2-6H,17H2,1H3. The molecule has 0 radical (unpaired) electrons. The lowest BCUT2D eigenvalue weighted by Gasteiger charge is -2.08. The Morgan fingerprint density at radius 1 is 1.10 bits per heavy atom. The fraction of sp³-hybridized carbons (Fsp3) is 0.154. The predicted octanol–water partition coefficient (Wildman–Crippen LogP) is 2.53. The smallest absolute Gasteiger partial charge is 0.323 e. The lowest BCUT2D eigenvalue weighted by molar-refractivity contribution is -0.137. The molecule has 0 fully saturated rings. The van der Waals surface area contributed by atoms with Crippen molar-refractivity contribution >= 4 is 11.0 Å². The number of hydrogen-bond acceptors (Lipinski definition) is 4. The summed E-state index contributed by atoms with van der Waals surface area (Å²) in [6.07, 6.45) is -2.90. The molecule has 0 aliphatic rings. The second-order valence-electron chi connectivity index (χ2n) is 4.54. The highest BCUT2D eigenvalue weighted by Crippen LogP contribution is 2.31. The number of aromatic nitrogens is 4. The van der Waals surface area contributed by atoms with E-state index in [0.717, 1.165) is 16.9 Å². The molecule has 2 aromatic heterocycles. The van der Waals surface area contributed by atoms with E-state index in [2.05, 4.69) is 15.1 Å². The van der Waals surface area contributed by atoms with Crippen molar-refractivity contribution < 1.29 is 13.2 Å². The molecule has 2 heterocycles. The first-order valence-electron chi connectivity index (χ1n) is 6.01. The van der Waals surface area contributed by atoms with Gasteiger partial charge in [0.05, 0.1) is 22.3 Å². The summed E-state index contributed by atoms with van der Waals surface area (Å²) in [4.78, 5) is 9.61. The molecule has 3 aromatic rings. The number of rotatable bonds is 1. The lowest BCUT2D eigenvalue weighted by Crippen LogP contribution is -2.08. The molecule has 0 saturated carbocycles. The zero-order valence-electron chi connectivity index (χ0n) is 10.9. The fourth-order valence-corrected chi connectivity index (χ4v) is 2.03. The van der Waals surface area contributed by atoms with E-state index in [1.54, 1.807) is 13.0 Å². The maximum absolute atomic E-state index is 12.7. The van der Waals surface area contributed by atoms with E-state index in [1.165, 1.54) is 12.3 Å². The molecule has 0 spiro atoms. The van der Waals surface area contributed by atoms with Gasteiger partial charge in [0.1, 0.15) is 11.4 Å². The van der Waals surface area contributed by atoms with E-state index in [0.29, 0.717) is 22.6 Å². The van der Waals surface area contributed by atoms with Gasteiger partial charge < -0.3 is 5.84 Å². The minimum atomic E-state index is -4.42. The van der Waals surface area contributed by atoms with Gasteiger partial charge in [0.15, 0.2) is 0 Å². The van der Waals surface area contributed by atoms with Crippen LogP contribution in [-0.4, -0.2) is 19.9 Å². The molecule has 0 atom stereocenters. The van der Waals surface area contributed by atoms with Gasteiger partial charge in [-0.25, -0.2) is 9.97 Å². The number of nitrogen functional groups attached to an aromatic ring is 1. The second kappa shape index (κ2) is 4.44. The van der Waals surface area contributed by atoms with Crippen LogP contribution in [0.3, 0.4) is 0 Å². The van der Waals surface area contributed by atoms with E-state index in [1.807, 2.05) is 0 Å². The van der Waals surface area contributed by atoms with Crippen LogP contribution in [-0.2, 0) is 6.18 Å². The third kappa shape index (κ3) is 2.39. The largest absolute Gasteiger partial charge is 0.416 e. The number of aryl methyl sites for hydroxylation is 1. The Kier molecular flexibility index (Phi) is 2.82. The molecule has 21 heavy (non-hydrogen) atoms. The summed E-state index contributed by atoms with van der Waals surface area (Å²) in [5.41, 5.74) is 1.24. The highest BCUT2D eigenvalue weighted by atomic mass is 19.4. The van der Waals surface area contributed by atoms with Crippen molar-refractivity contribution in [2.24, 2.45) is 0 Å². The van der Waals surface area contributed by atoms with Crippen molar-refractivity contribution in [2.45, 2.75) is 13.1 Å². The topological polar surface area (TPSA) is 69.6 Å². The molecule has 0 saturated heterocycles. The molecule has 0 bridgehead atoms. The molecule has 3 rings (SSSR count). The van der Waals surface area contributed by atoms with Crippen LogP contribution < -0.4 is 5.84 Å². The zero-order valence-corrected chi connectivity index (χ0v) is 10.9. The van der Waals surface area contributed by atoms with Gasteiger partial charge in [0.25, 0.3) is 0 Å². The maximum Gasteiger partial charge on any atom is 0.416 e. The molecule has 0 aliphatic carbocycles. The average Bonchev–Trinajstić information content (AvgIpc) is 2.82. The Bertz CT molecular complexity index is 822. The first-order valence-corrected chi connectivity index (χ1v) is 6.01. The van der Waals surface area contributed by atoms with Gasteiger partial charge in [-0.2, -0.15) is 23.1 Å². The number of fused-ring (bicyclic) bond motifs is 1. The van der Waals surface area contributed by atoms with Crippen LogP contribution in [0.4, 0.5) is 13.2 Å². The third-order valence-corrected chi connectivity index (χ3v) is 3.02. The van der Waals surface area contributed by atoms with Crippen molar-refractivity contribution in [1.29, 1.82) is 0 Å². The number of benzene rings is 1.